The highest BCUT2D eigenvalue weighted by Gasteiger charge is 2.51. The third-order valence-corrected chi connectivity index (χ3v) is 7.11. The molecule has 2 fully saturated rings. The van der Waals surface area contributed by atoms with Gasteiger partial charge in [-0.05, 0) is 68.3 Å². The average molecular weight is 444 g/mol. The van der Waals surface area contributed by atoms with Crippen molar-refractivity contribution in [2.75, 3.05) is 13.1 Å². The monoisotopic (exact) mass is 443 g/mol. The van der Waals surface area contributed by atoms with Crippen molar-refractivity contribution in [1.82, 2.24) is 25.5 Å². The van der Waals surface area contributed by atoms with Gasteiger partial charge in [-0.3, -0.25) is 25.0 Å². The minimum atomic E-state index is -0.803. The molecule has 3 amide bonds. The van der Waals surface area contributed by atoms with Crippen LogP contribution in [0.3, 0.4) is 0 Å². The molecule has 3 aromatic rings. The maximum absolute atomic E-state index is 12.9. The van der Waals surface area contributed by atoms with Gasteiger partial charge in [0.25, 0.3) is 5.91 Å². The van der Waals surface area contributed by atoms with E-state index in [0.29, 0.717) is 6.42 Å². The molecular weight excluding hydrogens is 414 g/mol. The number of carbonyl (C=O) groups excluding carboxylic acids is 2. The normalized spacial score (nSPS) is 21.8. The van der Waals surface area contributed by atoms with Crippen molar-refractivity contribution in [1.29, 1.82) is 0 Å². The summed E-state index contributed by atoms with van der Waals surface area (Å²) in [5, 5.41) is 5.53. The fourth-order valence-corrected chi connectivity index (χ4v) is 5.39. The van der Waals surface area contributed by atoms with Crippen molar-refractivity contribution in [3.63, 3.8) is 0 Å². The van der Waals surface area contributed by atoms with Gasteiger partial charge in [0.1, 0.15) is 5.54 Å². The highest BCUT2D eigenvalue weighted by atomic mass is 16.2. The van der Waals surface area contributed by atoms with Gasteiger partial charge in [0.15, 0.2) is 0 Å². The lowest BCUT2D eigenvalue weighted by molar-refractivity contribution is -0.127. The van der Waals surface area contributed by atoms with Gasteiger partial charge in [0, 0.05) is 18.9 Å². The number of para-hydroxylation sites is 1. The zero-order valence-corrected chi connectivity index (χ0v) is 18.7. The van der Waals surface area contributed by atoms with E-state index in [1.807, 2.05) is 30.3 Å². The van der Waals surface area contributed by atoms with E-state index >= 15 is 0 Å². The van der Waals surface area contributed by atoms with E-state index in [0.717, 1.165) is 56.4 Å². The summed E-state index contributed by atoms with van der Waals surface area (Å²) >= 11 is 0. The topological polar surface area (TPSA) is 87.2 Å². The minimum Gasteiger partial charge on any atom is -0.323 e. The summed E-state index contributed by atoms with van der Waals surface area (Å²) in [6, 6.07) is 16.0. The van der Waals surface area contributed by atoms with Crippen molar-refractivity contribution < 1.29 is 9.59 Å². The lowest BCUT2D eigenvalue weighted by atomic mass is 9.74. The molecule has 0 aliphatic carbocycles. The van der Waals surface area contributed by atoms with E-state index in [1.165, 1.54) is 11.1 Å². The second-order valence-electron chi connectivity index (χ2n) is 9.11. The second kappa shape index (κ2) is 9.27. The number of imide groups is 1. The van der Waals surface area contributed by atoms with Gasteiger partial charge in [-0.25, -0.2) is 4.79 Å². The zero-order valence-electron chi connectivity index (χ0n) is 18.7. The Morgan fingerprint density at radius 1 is 0.970 bits per heavy atom. The average Bonchev–Trinajstić information content (AvgIpc) is 3.14. The molecule has 0 radical (unpaired) electrons. The number of piperidine rings is 1. The third-order valence-electron chi connectivity index (χ3n) is 7.11. The summed E-state index contributed by atoms with van der Waals surface area (Å²) in [4.78, 5) is 36.4. The molecule has 33 heavy (non-hydrogen) atoms. The number of hydrogen-bond acceptors (Lipinski definition) is 5. The predicted octanol–water partition coefficient (Wildman–Crippen LogP) is 3.44. The molecule has 2 aliphatic heterocycles. The Balaban J connectivity index is 1.25. The lowest BCUT2D eigenvalue weighted by Crippen LogP contribution is -2.56. The van der Waals surface area contributed by atoms with E-state index in [2.05, 4.69) is 43.7 Å². The summed E-state index contributed by atoms with van der Waals surface area (Å²) < 4.78 is 0. The van der Waals surface area contributed by atoms with Gasteiger partial charge in [0.2, 0.25) is 0 Å². The van der Waals surface area contributed by atoms with Crippen molar-refractivity contribution in [2.45, 2.75) is 44.2 Å². The Bertz CT molecular complexity index is 1140. The summed E-state index contributed by atoms with van der Waals surface area (Å²) in [5.41, 5.74) is 3.48. The molecule has 2 saturated heterocycles. The molecule has 1 aromatic heterocycles. The van der Waals surface area contributed by atoms with Crippen LogP contribution in [0.15, 0.2) is 60.9 Å². The van der Waals surface area contributed by atoms with Gasteiger partial charge in [-0.1, -0.05) is 42.5 Å². The largest absolute Gasteiger partial charge is 0.323 e. The van der Waals surface area contributed by atoms with Gasteiger partial charge in [-0.2, -0.15) is 0 Å². The number of urea groups is 1. The lowest BCUT2D eigenvalue weighted by Gasteiger charge is -2.40. The Hall–Kier alpha value is -3.32. The maximum Gasteiger partial charge on any atom is 0.322 e. The third kappa shape index (κ3) is 4.46. The molecule has 2 N–H and O–H groups in total. The highest BCUT2D eigenvalue weighted by molar-refractivity contribution is 6.07. The number of nitrogens with one attached hydrogen (secondary N) is 2. The number of carbonyl (C=O) groups is 2. The Morgan fingerprint density at radius 2 is 1.76 bits per heavy atom. The molecule has 7 nitrogen and oxygen atoms in total. The fraction of sp³-hybridized carbons (Fsp3) is 0.385. The standard InChI is InChI=1S/C26H29N5O2/c32-24-26(30-25(33)29-24,13-5-8-19-6-2-1-3-7-19)21-11-16-31(17-12-21)18-20-9-4-10-22-23(20)28-15-14-27-22/h1-4,6-7,9-10,14-15,21H,5,8,11-13,16-18H2,(H2,29,30,32,33)/t26-/m1/s1. The highest BCUT2D eigenvalue weighted by Crippen LogP contribution is 2.35. The predicted molar refractivity (Wildman–Crippen MR) is 126 cm³/mol. The number of amides is 3. The summed E-state index contributed by atoms with van der Waals surface area (Å²) in [7, 11) is 0. The minimum absolute atomic E-state index is 0.128. The maximum atomic E-state index is 12.9. The van der Waals surface area contributed by atoms with Crippen LogP contribution in [0.2, 0.25) is 0 Å². The van der Waals surface area contributed by atoms with Gasteiger partial charge in [0.05, 0.1) is 11.0 Å². The number of rotatable bonds is 7. The van der Waals surface area contributed by atoms with Gasteiger partial charge in [-0.15, -0.1) is 0 Å². The quantitative estimate of drug-likeness (QED) is 0.546. The zero-order chi connectivity index (χ0) is 22.7. The molecule has 1 atom stereocenters. The number of benzene rings is 2. The molecule has 2 aliphatic rings. The molecular formula is C26H29N5O2. The van der Waals surface area contributed by atoms with E-state index in [-0.39, 0.29) is 17.9 Å². The first-order chi connectivity index (χ1) is 16.1. The van der Waals surface area contributed by atoms with Crippen LogP contribution in [-0.4, -0.2) is 45.4 Å². The molecule has 0 saturated carbocycles. The van der Waals surface area contributed by atoms with Crippen LogP contribution in [0.4, 0.5) is 4.79 Å². The molecule has 0 unspecified atom stereocenters. The van der Waals surface area contributed by atoms with Crippen molar-refractivity contribution in [3.8, 4) is 0 Å². The number of aromatic nitrogens is 2. The van der Waals surface area contributed by atoms with Crippen molar-refractivity contribution >= 4 is 23.0 Å². The second-order valence-corrected chi connectivity index (χ2v) is 9.11. The first-order valence-electron chi connectivity index (χ1n) is 11.7. The van der Waals surface area contributed by atoms with Crippen LogP contribution in [0.25, 0.3) is 11.0 Å². The van der Waals surface area contributed by atoms with Crippen LogP contribution in [0, 0.1) is 5.92 Å². The number of hydrogen-bond donors (Lipinski definition) is 2. The molecule has 3 heterocycles. The number of fused-ring (bicyclic) bond motifs is 1. The van der Waals surface area contributed by atoms with Gasteiger partial charge < -0.3 is 5.32 Å². The molecule has 7 heteroatoms. The summed E-state index contributed by atoms with van der Waals surface area (Å²) in [6.45, 7) is 2.57. The molecule has 5 rings (SSSR count). The first kappa shape index (κ1) is 21.5. The number of nitrogens with zero attached hydrogens (tertiary/aromatic N) is 3. The molecule has 0 bridgehead atoms. The Morgan fingerprint density at radius 3 is 2.52 bits per heavy atom. The van der Waals surface area contributed by atoms with E-state index in [4.69, 9.17) is 0 Å². The van der Waals surface area contributed by atoms with Crippen LogP contribution in [0.1, 0.15) is 36.8 Å². The smallest absolute Gasteiger partial charge is 0.322 e. The van der Waals surface area contributed by atoms with E-state index in [1.54, 1.807) is 12.4 Å². The van der Waals surface area contributed by atoms with Crippen molar-refractivity contribution in [3.05, 3.63) is 72.1 Å². The Labute approximate surface area is 193 Å². The molecule has 2 aromatic carbocycles. The molecule has 170 valence electrons. The first-order valence-corrected chi connectivity index (χ1v) is 11.7. The van der Waals surface area contributed by atoms with Crippen LogP contribution in [-0.2, 0) is 17.8 Å². The number of aryl methyl sites for hydroxylation is 1. The van der Waals surface area contributed by atoms with E-state index in [9.17, 15) is 9.59 Å². The van der Waals surface area contributed by atoms with E-state index < -0.39 is 5.54 Å². The van der Waals surface area contributed by atoms with Crippen LogP contribution >= 0.6 is 0 Å². The SMILES string of the molecule is O=C1NC(=O)[C@@](CCCc2ccccc2)(C2CCN(Cc3cccc4nccnc34)CC2)N1. The summed E-state index contributed by atoms with van der Waals surface area (Å²) in [5.74, 6) is -0.0355. The molecule has 0 spiro atoms. The van der Waals surface area contributed by atoms with Gasteiger partial charge >= 0.3 is 6.03 Å². The number of likely N-dealkylation sites (tertiary alicyclic amines) is 1. The van der Waals surface area contributed by atoms with Crippen molar-refractivity contribution in [2.24, 2.45) is 5.92 Å². The fourth-order valence-electron chi connectivity index (χ4n) is 5.39. The van der Waals surface area contributed by atoms with Crippen LogP contribution in [0.5, 0.6) is 0 Å². The summed E-state index contributed by atoms with van der Waals surface area (Å²) in [6.07, 6.45) is 7.60. The Kier molecular flexibility index (Phi) is 6.05. The van der Waals surface area contributed by atoms with Crippen LogP contribution < -0.4 is 10.6 Å².